The second-order valence-corrected chi connectivity index (χ2v) is 11.0. The van der Waals surface area contributed by atoms with Crippen LogP contribution in [-0.2, 0) is 24.0 Å². The highest BCUT2D eigenvalue weighted by molar-refractivity contribution is 9.10. The first kappa shape index (κ1) is 26.1. The summed E-state index contributed by atoms with van der Waals surface area (Å²) in [4.78, 5) is 65.6. The van der Waals surface area contributed by atoms with Gasteiger partial charge in [-0.1, -0.05) is 27.6 Å². The number of ether oxygens (including phenoxy) is 1. The number of hydrogen-bond acceptors (Lipinski definition) is 7. The van der Waals surface area contributed by atoms with Gasteiger partial charge in [0, 0.05) is 45.6 Å². The summed E-state index contributed by atoms with van der Waals surface area (Å²) in [5.74, 6) is -5.05. The number of ketones is 2. The lowest BCUT2D eigenvalue weighted by atomic mass is 9.59. The Kier molecular flexibility index (Phi) is 6.63. The van der Waals surface area contributed by atoms with E-state index in [4.69, 9.17) is 9.84 Å². The van der Waals surface area contributed by atoms with E-state index in [0.717, 1.165) is 4.90 Å². The van der Waals surface area contributed by atoms with Gasteiger partial charge in [-0.05, 0) is 50.3 Å². The number of carbonyl (C=O) groups is 5. The van der Waals surface area contributed by atoms with Gasteiger partial charge in [0.1, 0.15) is 0 Å². The fourth-order valence-electron chi connectivity index (χ4n) is 6.38. The summed E-state index contributed by atoms with van der Waals surface area (Å²) in [6.45, 7) is 1.58. The summed E-state index contributed by atoms with van der Waals surface area (Å²) in [7, 11) is 1.41. The number of hydrogen-bond donors (Lipinski definition) is 2. The van der Waals surface area contributed by atoms with Crippen LogP contribution in [0, 0.1) is 17.8 Å². The summed E-state index contributed by atoms with van der Waals surface area (Å²) in [5, 5.41) is 20.1. The van der Waals surface area contributed by atoms with E-state index in [-0.39, 0.29) is 72.7 Å². The molecule has 9 nitrogen and oxygen atoms in total. The van der Waals surface area contributed by atoms with Crippen LogP contribution in [0.2, 0.25) is 0 Å². The first-order valence-corrected chi connectivity index (χ1v) is 13.2. The molecule has 1 aliphatic heterocycles. The number of halogens is 1. The molecule has 198 valence electrons. The number of phenolic OH excluding ortho intramolecular Hbond substituents is 1. The lowest BCUT2D eigenvalue weighted by molar-refractivity contribution is -0.142. The molecule has 38 heavy (non-hydrogen) atoms. The number of methoxy groups -OCH3 is 1. The van der Waals surface area contributed by atoms with E-state index < -0.39 is 29.6 Å². The number of rotatable bonds is 6. The van der Waals surface area contributed by atoms with Crippen LogP contribution in [0.1, 0.15) is 44.1 Å². The minimum Gasteiger partial charge on any atom is -0.504 e. The minimum absolute atomic E-state index is 0.0132. The summed E-state index contributed by atoms with van der Waals surface area (Å²) in [5.41, 5.74) is 1.94. The third kappa shape index (κ3) is 4.02. The van der Waals surface area contributed by atoms with Gasteiger partial charge in [0.05, 0.1) is 18.9 Å². The van der Waals surface area contributed by atoms with Crippen molar-refractivity contribution >= 4 is 45.3 Å². The van der Waals surface area contributed by atoms with Gasteiger partial charge in [0.15, 0.2) is 23.1 Å². The Hall–Kier alpha value is -3.53. The van der Waals surface area contributed by atoms with Crippen molar-refractivity contribution in [3.8, 4) is 11.5 Å². The van der Waals surface area contributed by atoms with E-state index in [2.05, 4.69) is 15.9 Å². The maximum absolute atomic E-state index is 13.6. The second-order valence-electron chi connectivity index (χ2n) is 10.1. The highest BCUT2D eigenvalue weighted by Gasteiger charge is 2.56. The molecular weight excluding hydrogens is 558 g/mol. The summed E-state index contributed by atoms with van der Waals surface area (Å²) >= 11 is 3.43. The normalized spacial score (nSPS) is 26.6. The molecule has 4 aliphatic rings. The molecule has 4 unspecified atom stereocenters. The van der Waals surface area contributed by atoms with Gasteiger partial charge in [-0.15, -0.1) is 0 Å². The van der Waals surface area contributed by atoms with Crippen molar-refractivity contribution in [1.29, 1.82) is 0 Å². The van der Waals surface area contributed by atoms with Crippen LogP contribution in [0.4, 0.5) is 0 Å². The van der Waals surface area contributed by atoms with Crippen molar-refractivity contribution < 1.29 is 38.9 Å². The second kappa shape index (κ2) is 9.65. The highest BCUT2D eigenvalue weighted by atomic mass is 79.9. The number of benzene rings is 1. The molecule has 0 saturated carbocycles. The van der Waals surface area contributed by atoms with E-state index in [9.17, 15) is 29.1 Å². The lowest BCUT2D eigenvalue weighted by Gasteiger charge is -2.42. The zero-order valence-corrected chi connectivity index (χ0v) is 22.4. The molecule has 0 radical (unpaired) electrons. The largest absolute Gasteiger partial charge is 0.504 e. The van der Waals surface area contributed by atoms with E-state index in [0.29, 0.717) is 26.8 Å². The number of carbonyl (C=O) groups excluding carboxylic acids is 4. The molecule has 1 fully saturated rings. The van der Waals surface area contributed by atoms with Gasteiger partial charge < -0.3 is 14.9 Å². The van der Waals surface area contributed by atoms with Gasteiger partial charge in [-0.2, -0.15) is 0 Å². The van der Waals surface area contributed by atoms with Crippen LogP contribution in [-0.4, -0.2) is 58.1 Å². The maximum Gasteiger partial charge on any atom is 0.303 e. The number of aliphatic carboxylic acids is 1. The number of amides is 2. The van der Waals surface area contributed by atoms with Crippen LogP contribution in [0.3, 0.4) is 0 Å². The number of likely N-dealkylation sites (tertiary alicyclic amines) is 1. The molecule has 5 rings (SSSR count). The van der Waals surface area contributed by atoms with Crippen molar-refractivity contribution in [1.82, 2.24) is 4.90 Å². The van der Waals surface area contributed by atoms with Crippen molar-refractivity contribution in [3.05, 3.63) is 56.6 Å². The number of Topliss-reactive ketones (excluding diaryl/α,β-unsaturated/α-hetero) is 1. The molecule has 1 saturated heterocycles. The predicted molar refractivity (Wildman–Crippen MR) is 137 cm³/mol. The van der Waals surface area contributed by atoms with E-state index >= 15 is 0 Å². The number of aromatic hydroxyl groups is 1. The molecule has 0 spiro atoms. The quantitative estimate of drug-likeness (QED) is 0.295. The maximum atomic E-state index is 13.6. The monoisotopic (exact) mass is 583 g/mol. The van der Waals surface area contributed by atoms with Crippen molar-refractivity contribution in [2.45, 2.75) is 38.5 Å². The fraction of sp³-hybridized carbons (Fsp3) is 0.393. The third-order valence-corrected chi connectivity index (χ3v) is 8.48. The Bertz CT molecular complexity index is 1400. The SMILES string of the molecule is COc1cc(Br)cc(C2C3=CCC4C(=O)N(CCCC(=O)O)C(=O)C4C3CC3=C2C(=O)C=C(C)C3=O)c1O. The summed E-state index contributed by atoms with van der Waals surface area (Å²) in [6, 6.07) is 3.26. The Labute approximate surface area is 227 Å². The molecule has 4 atom stereocenters. The van der Waals surface area contributed by atoms with Crippen LogP contribution in [0.25, 0.3) is 0 Å². The molecule has 1 aromatic carbocycles. The van der Waals surface area contributed by atoms with Crippen LogP contribution < -0.4 is 4.74 Å². The lowest BCUT2D eigenvalue weighted by Crippen LogP contribution is -2.40. The first-order valence-electron chi connectivity index (χ1n) is 12.4. The number of nitrogens with zero attached hydrogens (tertiary/aromatic N) is 1. The zero-order valence-electron chi connectivity index (χ0n) is 20.8. The number of carboxylic acids is 1. The molecule has 0 aromatic heterocycles. The Balaban J connectivity index is 1.63. The van der Waals surface area contributed by atoms with Gasteiger partial charge in [0.25, 0.3) is 0 Å². The topological polar surface area (TPSA) is 138 Å². The number of carboxylic acid groups (broad SMARTS) is 1. The van der Waals surface area contributed by atoms with Crippen molar-refractivity contribution in [2.75, 3.05) is 13.7 Å². The third-order valence-electron chi connectivity index (χ3n) is 8.03. The molecule has 2 amide bonds. The van der Waals surface area contributed by atoms with Gasteiger partial charge in [-0.25, -0.2) is 0 Å². The van der Waals surface area contributed by atoms with E-state index in [1.54, 1.807) is 19.1 Å². The molecule has 0 bridgehead atoms. The molecule has 1 heterocycles. The summed E-state index contributed by atoms with van der Waals surface area (Å²) in [6.07, 6.45) is 3.55. The Morgan fingerprint density at radius 3 is 2.58 bits per heavy atom. The van der Waals surface area contributed by atoms with Gasteiger partial charge in [-0.3, -0.25) is 28.9 Å². The number of fused-ring (bicyclic) bond motifs is 3. The Morgan fingerprint density at radius 1 is 1.16 bits per heavy atom. The first-order chi connectivity index (χ1) is 18.0. The smallest absolute Gasteiger partial charge is 0.303 e. The number of phenols is 1. The van der Waals surface area contributed by atoms with Gasteiger partial charge in [0.2, 0.25) is 11.8 Å². The van der Waals surface area contributed by atoms with Gasteiger partial charge >= 0.3 is 5.97 Å². The highest BCUT2D eigenvalue weighted by Crippen LogP contribution is 2.57. The molecule has 1 aromatic rings. The fourth-order valence-corrected chi connectivity index (χ4v) is 6.84. The molecular formula is C28H26BrNO8. The average molecular weight is 584 g/mol. The van der Waals surface area contributed by atoms with E-state index in [1.807, 2.05) is 6.08 Å². The van der Waals surface area contributed by atoms with Crippen molar-refractivity contribution in [3.63, 3.8) is 0 Å². The number of imide groups is 1. The van der Waals surface area contributed by atoms with Crippen LogP contribution in [0.5, 0.6) is 11.5 Å². The standard InChI is InChI=1S/C28H26BrNO8/c1-12-8-19(31)24-18(25(12)34)11-16-14(22(24)17-9-13(29)10-20(38-2)26(17)35)5-6-15-23(16)28(37)30(27(15)36)7-3-4-21(32)33/h5,8-10,15-16,22-23,35H,3-4,6-7,11H2,1-2H3,(H,32,33). The van der Waals surface area contributed by atoms with E-state index in [1.165, 1.54) is 13.2 Å². The molecule has 10 heteroatoms. The van der Waals surface area contributed by atoms with Crippen molar-refractivity contribution in [2.24, 2.45) is 17.8 Å². The predicted octanol–water partition coefficient (Wildman–Crippen LogP) is 3.46. The number of allylic oxidation sites excluding steroid dienone is 6. The molecule has 2 N–H and O–H groups in total. The molecule has 3 aliphatic carbocycles. The minimum atomic E-state index is -1.01. The van der Waals surface area contributed by atoms with Crippen LogP contribution in [0.15, 0.2) is 51.0 Å². The average Bonchev–Trinajstić information content (AvgIpc) is 3.12. The zero-order chi connectivity index (χ0) is 27.5. The summed E-state index contributed by atoms with van der Waals surface area (Å²) < 4.78 is 5.93. The Morgan fingerprint density at radius 2 is 1.89 bits per heavy atom. The van der Waals surface area contributed by atoms with Crippen LogP contribution >= 0.6 is 15.9 Å².